The molecule has 2 aromatic rings. The van der Waals surface area contributed by atoms with Crippen LogP contribution < -0.4 is 9.46 Å². The van der Waals surface area contributed by atoms with Crippen LogP contribution in [0.4, 0.5) is 0 Å². The number of sulfone groups is 1. The molecular weight excluding hydrogens is 382 g/mol. The van der Waals surface area contributed by atoms with Crippen LogP contribution in [0.15, 0.2) is 23.1 Å². The van der Waals surface area contributed by atoms with Crippen LogP contribution >= 0.6 is 0 Å². The molecule has 0 radical (unpaired) electrons. The largest absolute Gasteiger partial charge is 0.495 e. The van der Waals surface area contributed by atoms with Gasteiger partial charge in [-0.3, -0.25) is 0 Å². The molecule has 1 saturated heterocycles. The summed E-state index contributed by atoms with van der Waals surface area (Å²) in [6, 6.07) is 3.95. The Morgan fingerprint density at radius 3 is 2.77 bits per heavy atom. The Kier molecular flexibility index (Phi) is 4.99. The van der Waals surface area contributed by atoms with Gasteiger partial charge < -0.3 is 4.74 Å². The van der Waals surface area contributed by atoms with Gasteiger partial charge in [-0.1, -0.05) is 0 Å². The molecule has 1 fully saturated rings. The molecule has 10 nitrogen and oxygen atoms in total. The third-order valence-electron chi connectivity index (χ3n) is 4.10. The summed E-state index contributed by atoms with van der Waals surface area (Å²) in [4.78, 5) is -0.0903. The second-order valence-electron chi connectivity index (χ2n) is 5.91. The molecule has 2 heterocycles. The van der Waals surface area contributed by atoms with E-state index in [4.69, 9.17) is 4.74 Å². The van der Waals surface area contributed by atoms with Gasteiger partial charge in [0.05, 0.1) is 18.6 Å². The standard InChI is InChI=1S/C14H19N5O5S2/c1-3-19-14(15-17-18-19)10-4-5-12(24-2)13(8-10)26(22,23)16-11-6-7-25(20,21)9-11/h4-5,8,11,16H,3,6-7,9H2,1-2H3. The van der Waals surface area contributed by atoms with E-state index in [0.29, 0.717) is 17.9 Å². The average Bonchev–Trinajstić information content (AvgIpc) is 3.19. The Bertz CT molecular complexity index is 1020. The van der Waals surface area contributed by atoms with Gasteiger partial charge in [0.2, 0.25) is 10.0 Å². The first-order chi connectivity index (χ1) is 12.3. The van der Waals surface area contributed by atoms with Crippen molar-refractivity contribution in [2.24, 2.45) is 0 Å². The number of sulfonamides is 1. The van der Waals surface area contributed by atoms with Crippen molar-refractivity contribution >= 4 is 19.9 Å². The Morgan fingerprint density at radius 2 is 2.15 bits per heavy atom. The van der Waals surface area contributed by atoms with Gasteiger partial charge in [0.15, 0.2) is 15.7 Å². The van der Waals surface area contributed by atoms with Crippen LogP contribution in [-0.2, 0) is 26.4 Å². The number of hydrogen-bond acceptors (Lipinski definition) is 8. The summed E-state index contributed by atoms with van der Waals surface area (Å²) in [5.41, 5.74) is 0.511. The summed E-state index contributed by atoms with van der Waals surface area (Å²) in [6.07, 6.45) is 0.248. The van der Waals surface area contributed by atoms with E-state index in [1.807, 2.05) is 6.92 Å². The van der Waals surface area contributed by atoms with E-state index in [1.54, 1.807) is 6.07 Å². The van der Waals surface area contributed by atoms with Gasteiger partial charge in [-0.25, -0.2) is 26.2 Å². The first-order valence-corrected chi connectivity index (χ1v) is 11.2. The maximum absolute atomic E-state index is 12.8. The van der Waals surface area contributed by atoms with Crippen molar-refractivity contribution in [3.05, 3.63) is 18.2 Å². The molecule has 142 valence electrons. The number of aromatic nitrogens is 4. The number of benzene rings is 1. The number of nitrogens with one attached hydrogen (secondary N) is 1. The van der Waals surface area contributed by atoms with E-state index in [-0.39, 0.29) is 28.6 Å². The highest BCUT2D eigenvalue weighted by Crippen LogP contribution is 2.29. The van der Waals surface area contributed by atoms with Gasteiger partial charge in [-0.05, 0) is 42.0 Å². The SMILES string of the molecule is CCn1nnnc1-c1ccc(OC)c(S(=O)(=O)NC2CCS(=O)(=O)C2)c1. The fourth-order valence-corrected chi connectivity index (χ4v) is 6.07. The molecule has 26 heavy (non-hydrogen) atoms. The van der Waals surface area contributed by atoms with Crippen molar-refractivity contribution in [3.8, 4) is 17.1 Å². The molecule has 0 spiro atoms. The summed E-state index contributed by atoms with van der Waals surface area (Å²) in [7, 11) is -5.83. The first-order valence-electron chi connectivity index (χ1n) is 7.93. The highest BCUT2D eigenvalue weighted by atomic mass is 32.2. The van der Waals surface area contributed by atoms with Gasteiger partial charge in [-0.15, -0.1) is 5.10 Å². The quantitative estimate of drug-likeness (QED) is 0.705. The molecule has 0 bridgehead atoms. The van der Waals surface area contributed by atoms with Crippen molar-refractivity contribution < 1.29 is 21.6 Å². The van der Waals surface area contributed by atoms with E-state index >= 15 is 0 Å². The van der Waals surface area contributed by atoms with E-state index in [0.717, 1.165) is 0 Å². The monoisotopic (exact) mass is 401 g/mol. The fourth-order valence-electron chi connectivity index (χ4n) is 2.82. The predicted molar refractivity (Wildman–Crippen MR) is 92.9 cm³/mol. The molecule has 3 rings (SSSR count). The molecule has 1 aliphatic heterocycles. The van der Waals surface area contributed by atoms with E-state index < -0.39 is 25.9 Å². The lowest BCUT2D eigenvalue weighted by Crippen LogP contribution is -2.35. The Balaban J connectivity index is 1.98. The van der Waals surface area contributed by atoms with Crippen LogP contribution in [0, 0.1) is 0 Å². The normalized spacial score (nSPS) is 19.5. The van der Waals surface area contributed by atoms with Gasteiger partial charge in [0.25, 0.3) is 0 Å². The summed E-state index contributed by atoms with van der Waals surface area (Å²) in [6.45, 7) is 2.39. The Hall–Kier alpha value is -2.05. The molecule has 1 aliphatic rings. The number of nitrogens with zero attached hydrogens (tertiary/aromatic N) is 4. The molecule has 0 aliphatic carbocycles. The molecule has 1 N–H and O–H groups in total. The highest BCUT2D eigenvalue weighted by Gasteiger charge is 2.32. The Morgan fingerprint density at radius 1 is 1.38 bits per heavy atom. The molecule has 0 saturated carbocycles. The van der Waals surface area contributed by atoms with Gasteiger partial charge in [0.1, 0.15) is 10.6 Å². The second-order valence-corrected chi connectivity index (χ2v) is 9.82. The summed E-state index contributed by atoms with van der Waals surface area (Å²) in [5, 5.41) is 11.4. The van der Waals surface area contributed by atoms with Crippen molar-refractivity contribution in [3.63, 3.8) is 0 Å². The van der Waals surface area contributed by atoms with Crippen molar-refractivity contribution in [1.82, 2.24) is 24.9 Å². The van der Waals surface area contributed by atoms with E-state index in [2.05, 4.69) is 20.2 Å². The van der Waals surface area contributed by atoms with Crippen molar-refractivity contribution in [2.75, 3.05) is 18.6 Å². The highest BCUT2D eigenvalue weighted by molar-refractivity contribution is 7.92. The minimum atomic E-state index is -3.99. The zero-order valence-electron chi connectivity index (χ0n) is 14.3. The molecular formula is C14H19N5O5S2. The molecule has 1 aromatic carbocycles. The molecule has 12 heteroatoms. The minimum Gasteiger partial charge on any atom is -0.495 e. The Labute approximate surface area is 151 Å². The lowest BCUT2D eigenvalue weighted by Gasteiger charge is -2.15. The summed E-state index contributed by atoms with van der Waals surface area (Å²) in [5.74, 6) is 0.345. The maximum atomic E-state index is 12.8. The minimum absolute atomic E-state index is 0.0252. The molecule has 1 atom stereocenters. The first kappa shape index (κ1) is 18.7. The van der Waals surface area contributed by atoms with Crippen LogP contribution in [0.25, 0.3) is 11.4 Å². The molecule has 1 aromatic heterocycles. The number of aryl methyl sites for hydroxylation is 1. The van der Waals surface area contributed by atoms with Crippen LogP contribution in [0.2, 0.25) is 0 Å². The number of tetrazole rings is 1. The lowest BCUT2D eigenvalue weighted by molar-refractivity contribution is 0.402. The number of rotatable bonds is 6. The summed E-state index contributed by atoms with van der Waals surface area (Å²) < 4.78 is 58.0. The van der Waals surface area contributed by atoms with Gasteiger partial charge >= 0.3 is 0 Å². The van der Waals surface area contributed by atoms with Crippen molar-refractivity contribution in [2.45, 2.75) is 30.8 Å². The number of methoxy groups -OCH3 is 1. The van der Waals surface area contributed by atoms with Gasteiger partial charge in [-0.2, -0.15) is 0 Å². The fraction of sp³-hybridized carbons (Fsp3) is 0.500. The zero-order chi connectivity index (χ0) is 18.9. The topological polar surface area (TPSA) is 133 Å². The van der Waals surface area contributed by atoms with Crippen LogP contribution in [-0.4, -0.2) is 61.7 Å². The third kappa shape index (κ3) is 3.71. The molecule has 0 amide bonds. The van der Waals surface area contributed by atoms with E-state index in [1.165, 1.54) is 23.9 Å². The van der Waals surface area contributed by atoms with E-state index in [9.17, 15) is 16.8 Å². The van der Waals surface area contributed by atoms with Crippen LogP contribution in [0.3, 0.4) is 0 Å². The third-order valence-corrected chi connectivity index (χ3v) is 7.41. The zero-order valence-corrected chi connectivity index (χ0v) is 15.9. The second kappa shape index (κ2) is 6.93. The lowest BCUT2D eigenvalue weighted by atomic mass is 10.2. The van der Waals surface area contributed by atoms with Crippen molar-refractivity contribution in [1.29, 1.82) is 0 Å². The predicted octanol–water partition coefficient (Wildman–Crippen LogP) is -0.166. The average molecular weight is 401 g/mol. The smallest absolute Gasteiger partial charge is 0.244 e. The van der Waals surface area contributed by atoms with Crippen LogP contribution in [0.5, 0.6) is 5.75 Å². The number of hydrogen-bond donors (Lipinski definition) is 1. The van der Waals surface area contributed by atoms with Gasteiger partial charge in [0, 0.05) is 18.2 Å². The van der Waals surface area contributed by atoms with Crippen LogP contribution in [0.1, 0.15) is 13.3 Å². The maximum Gasteiger partial charge on any atom is 0.244 e. The summed E-state index contributed by atoms with van der Waals surface area (Å²) >= 11 is 0. The number of ether oxygens (including phenoxy) is 1. The molecule has 1 unspecified atom stereocenters.